The molecule has 0 saturated carbocycles. The molecule has 7 heteroatoms. The summed E-state index contributed by atoms with van der Waals surface area (Å²) < 4.78 is 5.36. The van der Waals surface area contributed by atoms with Gasteiger partial charge in [0.1, 0.15) is 5.76 Å². The van der Waals surface area contributed by atoms with Crippen molar-refractivity contribution >= 4 is 11.9 Å². The Kier molecular flexibility index (Phi) is 8.15. The van der Waals surface area contributed by atoms with Gasteiger partial charge in [-0.25, -0.2) is 4.99 Å². The normalized spacial score (nSPS) is 11.4. The van der Waals surface area contributed by atoms with E-state index in [0.29, 0.717) is 25.5 Å². The lowest BCUT2D eigenvalue weighted by Crippen LogP contribution is -2.39. The average molecular weight is 323 g/mol. The molecule has 0 bridgehead atoms. The molecule has 1 rings (SSSR count). The van der Waals surface area contributed by atoms with Crippen molar-refractivity contribution in [2.45, 2.75) is 46.6 Å². The summed E-state index contributed by atoms with van der Waals surface area (Å²) in [5, 5.41) is 10.5. The first kappa shape index (κ1) is 19.0. The maximum atomic E-state index is 11.6. The first-order chi connectivity index (χ1) is 11.0. The van der Waals surface area contributed by atoms with E-state index in [0.717, 1.165) is 36.4 Å². The van der Waals surface area contributed by atoms with Crippen molar-refractivity contribution in [1.82, 2.24) is 20.7 Å². The number of carbonyl (C=O) groups excluding carboxylic acids is 1. The molecule has 1 amide bonds. The Morgan fingerprint density at radius 2 is 1.96 bits per heavy atom. The third kappa shape index (κ3) is 5.92. The van der Waals surface area contributed by atoms with Gasteiger partial charge in [-0.2, -0.15) is 0 Å². The lowest BCUT2D eigenvalue weighted by Gasteiger charge is -2.13. The van der Waals surface area contributed by atoms with E-state index in [9.17, 15) is 4.79 Å². The van der Waals surface area contributed by atoms with Gasteiger partial charge in [0.2, 0.25) is 5.91 Å². The van der Waals surface area contributed by atoms with Gasteiger partial charge in [0, 0.05) is 45.6 Å². The van der Waals surface area contributed by atoms with Gasteiger partial charge in [0.25, 0.3) is 0 Å². The molecule has 0 aliphatic carbocycles. The molecule has 1 heterocycles. The molecule has 0 aliphatic heterocycles. The second kappa shape index (κ2) is 9.86. The fraction of sp³-hybridized carbons (Fsp3) is 0.688. The summed E-state index contributed by atoms with van der Waals surface area (Å²) in [6, 6.07) is 0. The van der Waals surface area contributed by atoms with Crippen LogP contribution in [0, 0.1) is 0 Å². The van der Waals surface area contributed by atoms with E-state index in [1.807, 2.05) is 13.8 Å². The van der Waals surface area contributed by atoms with Gasteiger partial charge in [-0.05, 0) is 13.3 Å². The summed E-state index contributed by atoms with van der Waals surface area (Å²) in [5.41, 5.74) is 2.03. The molecule has 0 saturated heterocycles. The summed E-state index contributed by atoms with van der Waals surface area (Å²) in [5.74, 6) is 1.68. The number of carbonyl (C=O) groups is 1. The van der Waals surface area contributed by atoms with E-state index < -0.39 is 0 Å². The van der Waals surface area contributed by atoms with Gasteiger partial charge in [0.05, 0.1) is 12.2 Å². The van der Waals surface area contributed by atoms with Crippen LogP contribution in [0.1, 0.15) is 44.2 Å². The number of guanidine groups is 1. The van der Waals surface area contributed by atoms with Crippen molar-refractivity contribution in [2.75, 3.05) is 27.2 Å². The monoisotopic (exact) mass is 323 g/mol. The predicted molar refractivity (Wildman–Crippen MR) is 91.4 cm³/mol. The van der Waals surface area contributed by atoms with E-state index in [4.69, 9.17) is 4.52 Å². The standard InChI is InChI=1S/C16H29N5O2/c1-6-13-12(14(7-2)23-20-13)11-19-16(17-8-3)18-10-9-15(22)21(4)5/h6-11H2,1-5H3,(H2,17,18,19). The first-order valence-corrected chi connectivity index (χ1v) is 8.21. The van der Waals surface area contributed by atoms with Crippen LogP contribution in [0.15, 0.2) is 9.52 Å². The number of hydrogen-bond donors (Lipinski definition) is 2. The molecular formula is C16H29N5O2. The van der Waals surface area contributed by atoms with Crippen molar-refractivity contribution in [2.24, 2.45) is 4.99 Å². The van der Waals surface area contributed by atoms with Gasteiger partial charge in [-0.3, -0.25) is 4.79 Å². The van der Waals surface area contributed by atoms with Crippen LogP contribution in [-0.4, -0.2) is 49.1 Å². The quantitative estimate of drug-likeness (QED) is 0.557. The highest BCUT2D eigenvalue weighted by Gasteiger charge is 2.13. The maximum absolute atomic E-state index is 11.6. The molecule has 23 heavy (non-hydrogen) atoms. The van der Waals surface area contributed by atoms with E-state index >= 15 is 0 Å². The van der Waals surface area contributed by atoms with E-state index in [-0.39, 0.29) is 5.91 Å². The second-order valence-corrected chi connectivity index (χ2v) is 5.40. The molecule has 2 N–H and O–H groups in total. The van der Waals surface area contributed by atoms with Crippen molar-refractivity contribution in [3.8, 4) is 0 Å². The first-order valence-electron chi connectivity index (χ1n) is 8.21. The maximum Gasteiger partial charge on any atom is 0.223 e. The molecule has 0 radical (unpaired) electrons. The third-order valence-electron chi connectivity index (χ3n) is 3.48. The zero-order valence-corrected chi connectivity index (χ0v) is 14.9. The van der Waals surface area contributed by atoms with Gasteiger partial charge < -0.3 is 20.1 Å². The Bertz CT molecular complexity index is 501. The molecule has 0 spiro atoms. The predicted octanol–water partition coefficient (Wildman–Crippen LogP) is 1.33. The Balaban J connectivity index is 2.68. The largest absolute Gasteiger partial charge is 0.361 e. The minimum atomic E-state index is 0.0916. The highest BCUT2D eigenvalue weighted by Crippen LogP contribution is 2.16. The van der Waals surface area contributed by atoms with E-state index in [2.05, 4.69) is 27.7 Å². The average Bonchev–Trinajstić information content (AvgIpc) is 2.94. The van der Waals surface area contributed by atoms with Crippen LogP contribution < -0.4 is 10.6 Å². The summed E-state index contributed by atoms with van der Waals surface area (Å²) in [4.78, 5) is 17.8. The SMILES string of the molecule is CCNC(=NCc1c(CC)noc1CC)NCCC(=O)N(C)C. The number of amides is 1. The van der Waals surface area contributed by atoms with E-state index in [1.165, 1.54) is 0 Å². The molecule has 7 nitrogen and oxygen atoms in total. The molecule has 130 valence electrons. The number of aryl methyl sites for hydroxylation is 2. The molecule has 0 aliphatic rings. The Morgan fingerprint density at radius 3 is 2.52 bits per heavy atom. The lowest BCUT2D eigenvalue weighted by molar-refractivity contribution is -0.128. The molecule has 0 unspecified atom stereocenters. The summed E-state index contributed by atoms with van der Waals surface area (Å²) in [7, 11) is 3.51. The summed E-state index contributed by atoms with van der Waals surface area (Å²) in [6.45, 7) is 7.94. The molecule has 0 atom stereocenters. The zero-order valence-electron chi connectivity index (χ0n) is 14.9. The van der Waals surface area contributed by atoms with Crippen molar-refractivity contribution in [3.05, 3.63) is 17.0 Å². The van der Waals surface area contributed by atoms with Crippen LogP contribution in [0.2, 0.25) is 0 Å². The van der Waals surface area contributed by atoms with Crippen LogP contribution in [0.5, 0.6) is 0 Å². The number of aromatic nitrogens is 1. The van der Waals surface area contributed by atoms with Crippen molar-refractivity contribution in [1.29, 1.82) is 0 Å². The number of nitrogens with zero attached hydrogens (tertiary/aromatic N) is 3. The fourth-order valence-electron chi connectivity index (χ4n) is 2.13. The molecule has 0 aromatic carbocycles. The van der Waals surface area contributed by atoms with Crippen LogP contribution in [0.25, 0.3) is 0 Å². The van der Waals surface area contributed by atoms with Gasteiger partial charge >= 0.3 is 0 Å². The van der Waals surface area contributed by atoms with Crippen molar-refractivity contribution < 1.29 is 9.32 Å². The van der Waals surface area contributed by atoms with Crippen LogP contribution >= 0.6 is 0 Å². The second-order valence-electron chi connectivity index (χ2n) is 5.40. The smallest absolute Gasteiger partial charge is 0.223 e. The Labute approximate surface area is 138 Å². The lowest BCUT2D eigenvalue weighted by atomic mass is 10.1. The van der Waals surface area contributed by atoms with Gasteiger partial charge in [-0.1, -0.05) is 19.0 Å². The van der Waals surface area contributed by atoms with Gasteiger partial charge in [0.15, 0.2) is 5.96 Å². The van der Waals surface area contributed by atoms with Crippen LogP contribution in [0.4, 0.5) is 0 Å². The number of aliphatic imine (C=N–C) groups is 1. The minimum Gasteiger partial charge on any atom is -0.361 e. The van der Waals surface area contributed by atoms with E-state index in [1.54, 1.807) is 19.0 Å². The van der Waals surface area contributed by atoms with Gasteiger partial charge in [-0.15, -0.1) is 0 Å². The molecule has 1 aromatic rings. The van der Waals surface area contributed by atoms with Crippen molar-refractivity contribution in [3.63, 3.8) is 0 Å². The highest BCUT2D eigenvalue weighted by atomic mass is 16.5. The summed E-state index contributed by atoms with van der Waals surface area (Å²) in [6.07, 6.45) is 2.07. The number of hydrogen-bond acceptors (Lipinski definition) is 4. The fourth-order valence-corrected chi connectivity index (χ4v) is 2.13. The molecule has 0 fully saturated rings. The highest BCUT2D eigenvalue weighted by molar-refractivity contribution is 5.81. The van der Waals surface area contributed by atoms with Crippen LogP contribution in [0.3, 0.4) is 0 Å². The molecule has 1 aromatic heterocycles. The molecular weight excluding hydrogens is 294 g/mol. The third-order valence-corrected chi connectivity index (χ3v) is 3.48. The number of nitrogens with one attached hydrogen (secondary N) is 2. The zero-order chi connectivity index (χ0) is 17.2. The Morgan fingerprint density at radius 1 is 1.22 bits per heavy atom. The Hall–Kier alpha value is -2.05. The topological polar surface area (TPSA) is 82.8 Å². The summed E-state index contributed by atoms with van der Waals surface area (Å²) >= 11 is 0. The minimum absolute atomic E-state index is 0.0916. The van der Waals surface area contributed by atoms with Crippen LogP contribution in [-0.2, 0) is 24.2 Å². The number of rotatable bonds is 8.